The molecule has 0 saturated carbocycles. The number of hydrogen-bond donors (Lipinski definition) is 1. The lowest BCUT2D eigenvalue weighted by atomic mass is 10.2. The van der Waals surface area contributed by atoms with E-state index >= 15 is 0 Å². The van der Waals surface area contributed by atoms with Gasteiger partial charge in [-0.25, -0.2) is 9.78 Å². The van der Waals surface area contributed by atoms with Crippen LogP contribution in [0.4, 0.5) is 0 Å². The molecular weight excluding hydrogens is 428 g/mol. The number of H-pyrrole nitrogens is 1. The Bertz CT molecular complexity index is 1330. The molecule has 32 heavy (non-hydrogen) atoms. The largest absolute Gasteiger partial charge is 0.330 e. The molecule has 0 aliphatic rings. The molecule has 0 atom stereocenters. The topological polar surface area (TPSA) is 116 Å². The second-order valence-electron chi connectivity index (χ2n) is 7.61. The highest BCUT2D eigenvalue weighted by Crippen LogP contribution is 2.24. The number of aryl methyl sites for hydroxylation is 3. The lowest BCUT2D eigenvalue weighted by Gasteiger charge is -2.08. The van der Waals surface area contributed by atoms with E-state index in [1.165, 1.54) is 11.8 Å². The van der Waals surface area contributed by atoms with Gasteiger partial charge in [0.1, 0.15) is 5.82 Å². The van der Waals surface area contributed by atoms with Gasteiger partial charge in [-0.05, 0) is 42.3 Å². The van der Waals surface area contributed by atoms with Gasteiger partial charge in [0.2, 0.25) is 5.16 Å². The van der Waals surface area contributed by atoms with Crippen molar-refractivity contribution in [2.45, 2.75) is 64.0 Å². The number of fused-ring (bicyclic) bond motifs is 1. The van der Waals surface area contributed by atoms with E-state index in [-0.39, 0.29) is 0 Å². The fraction of sp³-hybridized carbons (Fsp3) is 0.429. The number of rotatable bonds is 9. The molecule has 168 valence electrons. The van der Waals surface area contributed by atoms with Crippen molar-refractivity contribution < 1.29 is 0 Å². The van der Waals surface area contributed by atoms with Crippen LogP contribution >= 0.6 is 11.8 Å². The predicted molar refractivity (Wildman–Crippen MR) is 123 cm³/mol. The molecule has 1 aromatic carbocycles. The van der Waals surface area contributed by atoms with Crippen molar-refractivity contribution in [1.29, 1.82) is 0 Å². The van der Waals surface area contributed by atoms with Gasteiger partial charge in [0.25, 0.3) is 5.56 Å². The molecule has 0 aliphatic carbocycles. The van der Waals surface area contributed by atoms with Crippen LogP contribution in [0.1, 0.15) is 44.5 Å². The highest BCUT2D eigenvalue weighted by Gasteiger charge is 2.19. The molecule has 10 nitrogen and oxygen atoms in total. The van der Waals surface area contributed by atoms with Crippen LogP contribution in [0.3, 0.4) is 0 Å². The monoisotopic (exact) mass is 454 g/mol. The molecule has 0 fully saturated rings. The Morgan fingerprint density at radius 1 is 1.03 bits per heavy atom. The third-order valence-electron chi connectivity index (χ3n) is 5.20. The number of aromatic amines is 1. The lowest BCUT2D eigenvalue weighted by molar-refractivity contribution is 0.612. The number of thioether (sulfide) groups is 1. The van der Waals surface area contributed by atoms with E-state index in [1.54, 1.807) is 9.25 Å². The summed E-state index contributed by atoms with van der Waals surface area (Å²) in [7, 11) is 0. The van der Waals surface area contributed by atoms with Crippen molar-refractivity contribution in [1.82, 2.24) is 39.3 Å². The maximum absolute atomic E-state index is 12.7. The maximum Gasteiger partial charge on any atom is 0.330 e. The fourth-order valence-corrected chi connectivity index (χ4v) is 4.40. The number of imidazole rings is 1. The van der Waals surface area contributed by atoms with Crippen molar-refractivity contribution in [3.63, 3.8) is 0 Å². The average Bonchev–Trinajstić information content (AvgIpc) is 3.38. The van der Waals surface area contributed by atoms with Crippen molar-refractivity contribution in [3.8, 4) is 5.69 Å². The minimum Gasteiger partial charge on any atom is -0.321 e. The minimum absolute atomic E-state index is 0.403. The van der Waals surface area contributed by atoms with Gasteiger partial charge in [0.05, 0.1) is 11.4 Å². The summed E-state index contributed by atoms with van der Waals surface area (Å²) in [5.41, 5.74) is 2.09. The summed E-state index contributed by atoms with van der Waals surface area (Å²) in [6, 6.07) is 7.95. The summed E-state index contributed by atoms with van der Waals surface area (Å²) < 4.78 is 5.15. The summed E-state index contributed by atoms with van der Waals surface area (Å²) in [5, 5.41) is 12.7. The molecule has 0 amide bonds. The van der Waals surface area contributed by atoms with Crippen LogP contribution in [0.15, 0.2) is 39.0 Å². The van der Waals surface area contributed by atoms with Crippen molar-refractivity contribution in [2.75, 3.05) is 0 Å². The molecule has 3 heterocycles. The van der Waals surface area contributed by atoms with Gasteiger partial charge in [-0.1, -0.05) is 49.7 Å². The standard InChI is InChI=1S/C21H26N8O2S/c1-4-6-12-28-18-17(19(30)23-20(28)31)27(11-5-2)16(22-18)13-32-21-24-25-26-29(21)15-9-7-14(3)8-10-15/h7-10H,4-6,11-13H2,1-3H3,(H,23,30,31). The van der Waals surface area contributed by atoms with E-state index in [9.17, 15) is 9.59 Å². The molecule has 4 aromatic rings. The van der Waals surface area contributed by atoms with Gasteiger partial charge >= 0.3 is 5.69 Å². The van der Waals surface area contributed by atoms with Gasteiger partial charge in [0, 0.05) is 13.1 Å². The molecule has 0 unspecified atom stereocenters. The van der Waals surface area contributed by atoms with Crippen LogP contribution < -0.4 is 11.2 Å². The minimum atomic E-state index is -0.417. The number of hydrogen-bond acceptors (Lipinski definition) is 7. The third-order valence-corrected chi connectivity index (χ3v) is 6.11. The van der Waals surface area contributed by atoms with E-state index < -0.39 is 11.2 Å². The van der Waals surface area contributed by atoms with Crippen LogP contribution in [0.5, 0.6) is 0 Å². The Kier molecular flexibility index (Phi) is 6.54. The Morgan fingerprint density at radius 3 is 2.53 bits per heavy atom. The van der Waals surface area contributed by atoms with E-state index in [0.29, 0.717) is 41.0 Å². The Labute approximate surface area is 188 Å². The zero-order valence-electron chi connectivity index (χ0n) is 18.4. The van der Waals surface area contributed by atoms with E-state index in [0.717, 1.165) is 30.5 Å². The maximum atomic E-state index is 12.7. The summed E-state index contributed by atoms with van der Waals surface area (Å²) in [6.45, 7) is 7.28. The quantitative estimate of drug-likeness (QED) is 0.387. The van der Waals surface area contributed by atoms with E-state index in [4.69, 9.17) is 4.98 Å². The number of benzene rings is 1. The normalized spacial score (nSPS) is 11.5. The van der Waals surface area contributed by atoms with Gasteiger partial charge < -0.3 is 4.57 Å². The molecular formula is C21H26N8O2S. The zero-order chi connectivity index (χ0) is 22.7. The van der Waals surface area contributed by atoms with Crippen molar-refractivity contribution in [2.24, 2.45) is 0 Å². The average molecular weight is 455 g/mol. The summed E-state index contributed by atoms with van der Waals surface area (Å²) in [6.07, 6.45) is 2.60. The number of nitrogens with one attached hydrogen (secondary N) is 1. The number of tetrazole rings is 1. The van der Waals surface area contributed by atoms with Crippen LogP contribution in [-0.2, 0) is 18.8 Å². The fourth-order valence-electron chi connectivity index (χ4n) is 3.56. The first-order valence-electron chi connectivity index (χ1n) is 10.7. The molecule has 4 rings (SSSR count). The van der Waals surface area contributed by atoms with Crippen molar-refractivity contribution >= 4 is 22.9 Å². The first-order valence-corrected chi connectivity index (χ1v) is 11.7. The molecule has 0 saturated heterocycles. The summed E-state index contributed by atoms with van der Waals surface area (Å²) in [4.78, 5) is 32.3. The van der Waals surface area contributed by atoms with Crippen LogP contribution in [0.25, 0.3) is 16.9 Å². The molecule has 0 radical (unpaired) electrons. The Balaban J connectivity index is 1.71. The SMILES string of the molecule is CCCCn1c(=O)[nH]c(=O)c2c1nc(CSc1nnnn1-c1ccc(C)cc1)n2CCC. The smallest absolute Gasteiger partial charge is 0.321 e. The van der Waals surface area contributed by atoms with Crippen LogP contribution in [0, 0.1) is 6.92 Å². The molecule has 0 spiro atoms. The first kappa shape index (κ1) is 22.0. The molecule has 0 bridgehead atoms. The molecule has 1 N–H and O–H groups in total. The molecule has 0 aliphatic heterocycles. The molecule has 3 aromatic heterocycles. The number of aromatic nitrogens is 8. The van der Waals surface area contributed by atoms with Crippen LogP contribution in [-0.4, -0.2) is 39.3 Å². The van der Waals surface area contributed by atoms with Crippen LogP contribution in [0.2, 0.25) is 0 Å². The van der Waals surface area contributed by atoms with Gasteiger partial charge in [-0.15, -0.1) is 5.10 Å². The second kappa shape index (κ2) is 9.51. The first-order chi connectivity index (χ1) is 15.5. The third kappa shape index (κ3) is 4.24. The Morgan fingerprint density at radius 2 is 1.81 bits per heavy atom. The zero-order valence-corrected chi connectivity index (χ0v) is 19.2. The summed E-state index contributed by atoms with van der Waals surface area (Å²) in [5.74, 6) is 1.18. The summed E-state index contributed by atoms with van der Waals surface area (Å²) >= 11 is 1.44. The van der Waals surface area contributed by atoms with Gasteiger partial charge in [-0.3, -0.25) is 14.3 Å². The Hall–Kier alpha value is -3.21. The highest BCUT2D eigenvalue weighted by atomic mass is 32.2. The predicted octanol–water partition coefficient (Wildman–Crippen LogP) is 2.67. The number of unbranched alkanes of at least 4 members (excludes halogenated alkanes) is 1. The number of nitrogens with zero attached hydrogens (tertiary/aromatic N) is 7. The van der Waals surface area contributed by atoms with E-state index in [1.807, 2.05) is 42.7 Å². The van der Waals surface area contributed by atoms with Gasteiger partial charge in [0.15, 0.2) is 11.2 Å². The van der Waals surface area contributed by atoms with Gasteiger partial charge in [-0.2, -0.15) is 4.68 Å². The second-order valence-corrected chi connectivity index (χ2v) is 8.56. The highest BCUT2D eigenvalue weighted by molar-refractivity contribution is 7.98. The van der Waals surface area contributed by atoms with E-state index in [2.05, 4.69) is 27.4 Å². The lowest BCUT2D eigenvalue weighted by Crippen LogP contribution is -2.31. The van der Waals surface area contributed by atoms with Crippen molar-refractivity contribution in [3.05, 3.63) is 56.5 Å². The molecule has 11 heteroatoms.